The van der Waals surface area contributed by atoms with Gasteiger partial charge < -0.3 is 19.6 Å². The number of nitrogens with one attached hydrogen (secondary N) is 2. The van der Waals surface area contributed by atoms with E-state index in [2.05, 4.69) is 26.0 Å². The molecule has 22 heavy (non-hydrogen) atoms. The maximum Gasteiger partial charge on any atom is 0.137 e. The minimum absolute atomic E-state index is 0.381. The molecule has 124 valence electrons. The Bertz CT molecular complexity index is 414. The van der Waals surface area contributed by atoms with Crippen molar-refractivity contribution in [3.63, 3.8) is 0 Å². The molecule has 0 spiro atoms. The maximum atomic E-state index is 10.2. The largest absolute Gasteiger partial charge is 0.491 e. The third kappa shape index (κ3) is 5.59. The third-order valence-electron chi connectivity index (χ3n) is 4.59. The van der Waals surface area contributed by atoms with Crippen molar-refractivity contribution >= 4 is 0 Å². The van der Waals surface area contributed by atoms with Crippen LogP contribution in [0.1, 0.15) is 25.8 Å². The fourth-order valence-electron chi connectivity index (χ4n) is 3.14. The highest BCUT2D eigenvalue weighted by molar-refractivity contribution is 5.27. The van der Waals surface area contributed by atoms with Crippen LogP contribution < -0.4 is 14.5 Å². The highest BCUT2D eigenvalue weighted by Crippen LogP contribution is 2.13. The van der Waals surface area contributed by atoms with E-state index in [-0.39, 0.29) is 6.10 Å². The van der Waals surface area contributed by atoms with E-state index >= 15 is 0 Å². The number of aliphatic hydroxyl groups is 1. The van der Waals surface area contributed by atoms with Crippen LogP contribution >= 0.6 is 0 Å². The number of piperazine rings is 1. The number of benzene rings is 1. The molecule has 0 saturated carbocycles. The van der Waals surface area contributed by atoms with Crippen molar-refractivity contribution in [2.24, 2.45) is 0 Å². The van der Waals surface area contributed by atoms with Gasteiger partial charge in [0.2, 0.25) is 0 Å². The first-order valence-electron chi connectivity index (χ1n) is 8.78. The molecule has 0 amide bonds. The zero-order valence-corrected chi connectivity index (χ0v) is 14.1. The second-order valence-corrected chi connectivity index (χ2v) is 6.42. The highest BCUT2D eigenvalue weighted by Gasteiger charge is 2.23. The van der Waals surface area contributed by atoms with Crippen molar-refractivity contribution in [1.29, 1.82) is 0 Å². The fourth-order valence-corrected chi connectivity index (χ4v) is 3.14. The number of rotatable bonds is 8. The molecule has 1 aromatic carbocycles. The summed E-state index contributed by atoms with van der Waals surface area (Å²) in [5.41, 5.74) is 1.34. The van der Waals surface area contributed by atoms with E-state index in [0.29, 0.717) is 6.61 Å². The summed E-state index contributed by atoms with van der Waals surface area (Å²) in [6.45, 7) is 11.6. The van der Waals surface area contributed by atoms with E-state index in [4.69, 9.17) is 4.74 Å². The summed E-state index contributed by atoms with van der Waals surface area (Å²) >= 11 is 0. The van der Waals surface area contributed by atoms with Gasteiger partial charge in [-0.2, -0.15) is 0 Å². The molecule has 4 nitrogen and oxygen atoms in total. The van der Waals surface area contributed by atoms with Crippen molar-refractivity contribution in [1.82, 2.24) is 0 Å². The number of quaternary nitrogens is 2. The van der Waals surface area contributed by atoms with E-state index in [0.717, 1.165) is 38.2 Å². The summed E-state index contributed by atoms with van der Waals surface area (Å²) in [6.07, 6.45) is 1.89. The van der Waals surface area contributed by atoms with Crippen LogP contribution in [0.2, 0.25) is 0 Å². The molecule has 0 bridgehead atoms. The second kappa shape index (κ2) is 9.13. The average molecular weight is 308 g/mol. The van der Waals surface area contributed by atoms with Gasteiger partial charge in [0, 0.05) is 0 Å². The van der Waals surface area contributed by atoms with Crippen LogP contribution in [-0.2, 0) is 6.42 Å². The summed E-state index contributed by atoms with van der Waals surface area (Å²) in [7, 11) is 0. The van der Waals surface area contributed by atoms with Gasteiger partial charge in [0.1, 0.15) is 51.2 Å². The average Bonchev–Trinajstić information content (AvgIpc) is 2.55. The van der Waals surface area contributed by atoms with Gasteiger partial charge in [0.25, 0.3) is 0 Å². The number of likely N-dealkylation sites (N-methyl/N-ethyl adjacent to an activating group) is 1. The van der Waals surface area contributed by atoms with E-state index < -0.39 is 0 Å². The number of hydrogen-bond acceptors (Lipinski definition) is 2. The van der Waals surface area contributed by atoms with E-state index in [9.17, 15) is 5.11 Å². The second-order valence-electron chi connectivity index (χ2n) is 6.42. The molecule has 1 atom stereocenters. The zero-order chi connectivity index (χ0) is 15.8. The molecule has 3 N–H and O–H groups in total. The molecule has 1 aromatic rings. The Labute approximate surface area is 134 Å². The van der Waals surface area contributed by atoms with Gasteiger partial charge in [-0.25, -0.2) is 0 Å². The Kier molecular flexibility index (Phi) is 7.16. The normalized spacial score (nSPS) is 23.2. The Balaban J connectivity index is 1.68. The van der Waals surface area contributed by atoms with Gasteiger partial charge in [-0.3, -0.25) is 0 Å². The van der Waals surface area contributed by atoms with Crippen LogP contribution in [0.25, 0.3) is 0 Å². The first-order chi connectivity index (χ1) is 10.7. The van der Waals surface area contributed by atoms with Crippen molar-refractivity contribution in [3.05, 3.63) is 29.8 Å². The van der Waals surface area contributed by atoms with Crippen molar-refractivity contribution in [3.8, 4) is 5.75 Å². The SMILES string of the molecule is CCCc1ccc(OC[C@H](O)C[NH+]2CC[NH+](CC)CC2)cc1. The molecule has 1 saturated heterocycles. The van der Waals surface area contributed by atoms with Gasteiger partial charge in [0.15, 0.2) is 0 Å². The van der Waals surface area contributed by atoms with Gasteiger partial charge in [-0.05, 0) is 31.0 Å². The summed E-state index contributed by atoms with van der Waals surface area (Å²) in [5, 5.41) is 10.2. The van der Waals surface area contributed by atoms with Crippen molar-refractivity contribution in [2.75, 3.05) is 45.9 Å². The standard InChI is InChI=1S/C18H30N2O2/c1-3-5-16-6-8-18(9-7-16)22-15-17(21)14-20-12-10-19(4-2)11-13-20/h6-9,17,21H,3-5,10-15H2,1-2H3/p+2/t17-/m1/s1. The van der Waals surface area contributed by atoms with E-state index in [1.807, 2.05) is 12.1 Å². The monoisotopic (exact) mass is 308 g/mol. The molecule has 1 heterocycles. The molecule has 0 unspecified atom stereocenters. The smallest absolute Gasteiger partial charge is 0.137 e. The van der Waals surface area contributed by atoms with E-state index in [1.54, 1.807) is 4.90 Å². The van der Waals surface area contributed by atoms with E-state index in [1.165, 1.54) is 30.1 Å². The molecule has 0 radical (unpaired) electrons. The molecule has 2 rings (SSSR count). The Hall–Kier alpha value is -1.10. The van der Waals surface area contributed by atoms with Crippen molar-refractivity contribution < 1.29 is 19.6 Å². The van der Waals surface area contributed by atoms with Crippen molar-refractivity contribution in [2.45, 2.75) is 32.8 Å². The Morgan fingerprint density at radius 3 is 2.27 bits per heavy atom. The summed E-state index contributed by atoms with van der Waals surface area (Å²) in [5.74, 6) is 0.856. The predicted molar refractivity (Wildman–Crippen MR) is 88.7 cm³/mol. The Morgan fingerprint density at radius 1 is 1.05 bits per heavy atom. The Morgan fingerprint density at radius 2 is 1.68 bits per heavy atom. The lowest BCUT2D eigenvalue weighted by Gasteiger charge is -2.30. The van der Waals surface area contributed by atoms with Crippen LogP contribution in [0.3, 0.4) is 0 Å². The predicted octanol–water partition coefficient (Wildman–Crippen LogP) is -0.818. The third-order valence-corrected chi connectivity index (χ3v) is 4.59. The van der Waals surface area contributed by atoms with Gasteiger partial charge >= 0.3 is 0 Å². The lowest BCUT2D eigenvalue weighted by Crippen LogP contribution is -3.28. The van der Waals surface area contributed by atoms with Gasteiger partial charge in [-0.1, -0.05) is 25.5 Å². The first-order valence-corrected chi connectivity index (χ1v) is 8.78. The topological polar surface area (TPSA) is 38.3 Å². The number of aryl methyl sites for hydroxylation is 1. The molecule has 1 aliphatic heterocycles. The fraction of sp³-hybridized carbons (Fsp3) is 0.667. The quantitative estimate of drug-likeness (QED) is 0.587. The minimum Gasteiger partial charge on any atom is -0.491 e. The molecule has 1 aliphatic rings. The molecule has 0 aliphatic carbocycles. The van der Waals surface area contributed by atoms with Crippen LogP contribution in [0, 0.1) is 0 Å². The van der Waals surface area contributed by atoms with Crippen LogP contribution in [0.5, 0.6) is 5.75 Å². The summed E-state index contributed by atoms with van der Waals surface area (Å²) < 4.78 is 5.72. The van der Waals surface area contributed by atoms with Crippen LogP contribution in [0.15, 0.2) is 24.3 Å². The first kappa shape index (κ1) is 17.3. The molecular weight excluding hydrogens is 276 g/mol. The van der Waals surface area contributed by atoms with Crippen LogP contribution in [0.4, 0.5) is 0 Å². The lowest BCUT2D eigenvalue weighted by atomic mass is 10.1. The van der Waals surface area contributed by atoms with Crippen LogP contribution in [-0.4, -0.2) is 57.1 Å². The molecular formula is C18H32N2O2+2. The summed E-state index contributed by atoms with van der Waals surface area (Å²) in [6, 6.07) is 8.24. The number of hydrogen-bond donors (Lipinski definition) is 3. The molecule has 1 fully saturated rings. The zero-order valence-electron chi connectivity index (χ0n) is 14.1. The number of ether oxygens (including phenoxy) is 1. The summed E-state index contributed by atoms with van der Waals surface area (Å²) in [4.78, 5) is 3.19. The molecule has 4 heteroatoms. The maximum absolute atomic E-state index is 10.2. The highest BCUT2D eigenvalue weighted by atomic mass is 16.5. The van der Waals surface area contributed by atoms with Gasteiger partial charge in [0.05, 0.1) is 6.54 Å². The lowest BCUT2D eigenvalue weighted by molar-refractivity contribution is -1.01. The minimum atomic E-state index is -0.381. The molecule has 0 aromatic heterocycles. The van der Waals surface area contributed by atoms with Gasteiger partial charge in [-0.15, -0.1) is 0 Å². The number of aliphatic hydroxyl groups excluding tert-OH is 1.